The van der Waals surface area contributed by atoms with Crippen LogP contribution in [0, 0.1) is 0 Å². The number of para-hydroxylation sites is 1. The Bertz CT molecular complexity index is 2680. The van der Waals surface area contributed by atoms with Crippen molar-refractivity contribution in [2.24, 2.45) is 0 Å². The normalized spacial score (nSPS) is 13.7. The quantitative estimate of drug-likeness (QED) is 0.200. The maximum Gasteiger partial charge on any atom is 0.235 e. The maximum absolute atomic E-state index is 5.39. The fourth-order valence-corrected chi connectivity index (χ4v) is 9.32. The van der Waals surface area contributed by atoms with Crippen molar-refractivity contribution in [3.05, 3.63) is 139 Å². The summed E-state index contributed by atoms with van der Waals surface area (Å²) in [5.74, 6) is 0.698. The van der Waals surface area contributed by atoms with Gasteiger partial charge in [-0.15, -0.1) is 11.3 Å². The zero-order chi connectivity index (χ0) is 29.9. The predicted octanol–water partition coefficient (Wildman–Crippen LogP) is 11.1. The molecule has 0 amide bonds. The van der Waals surface area contributed by atoms with Gasteiger partial charge in [-0.3, -0.25) is 4.57 Å². The first-order valence-corrected chi connectivity index (χ1v) is 16.3. The minimum absolute atomic E-state index is 0.0820. The van der Waals surface area contributed by atoms with E-state index in [-0.39, 0.29) is 5.41 Å². The van der Waals surface area contributed by atoms with Crippen molar-refractivity contribution in [2.45, 2.75) is 19.3 Å². The monoisotopic (exact) mass is 593 g/mol. The standard InChI is InChI=1S/C41H27N3S/c1-41(2)31-18-10-8-16-27(31)38-35(41)30-22-21-29-34-26-15-7-6-12-24(26)20-23-33(34)44(37(29)39(30)45-38)40-42-32-19-11-9-17-28(32)36(43-40)25-13-4-3-5-14-25/h3-23H,1-2H3. The molecule has 0 atom stereocenters. The third-order valence-corrected chi connectivity index (χ3v) is 11.0. The summed E-state index contributed by atoms with van der Waals surface area (Å²) in [5, 5.41) is 7.34. The number of hydrogen-bond donors (Lipinski definition) is 0. The van der Waals surface area contributed by atoms with Gasteiger partial charge in [0, 0.05) is 32.0 Å². The van der Waals surface area contributed by atoms with Crippen molar-refractivity contribution in [2.75, 3.05) is 0 Å². The summed E-state index contributed by atoms with van der Waals surface area (Å²) < 4.78 is 3.63. The van der Waals surface area contributed by atoms with Gasteiger partial charge in [-0.1, -0.05) is 129 Å². The molecule has 0 saturated heterocycles. The van der Waals surface area contributed by atoms with Gasteiger partial charge in [0.25, 0.3) is 0 Å². The average Bonchev–Trinajstić information content (AvgIpc) is 3.71. The first-order valence-electron chi connectivity index (χ1n) is 15.4. The molecule has 10 rings (SSSR count). The van der Waals surface area contributed by atoms with E-state index in [1.165, 1.54) is 58.7 Å². The average molecular weight is 594 g/mol. The molecule has 212 valence electrons. The number of hydrogen-bond acceptors (Lipinski definition) is 3. The molecule has 0 unspecified atom stereocenters. The number of nitrogens with zero attached hydrogens (tertiary/aromatic N) is 3. The van der Waals surface area contributed by atoms with E-state index < -0.39 is 0 Å². The number of benzene rings is 6. The SMILES string of the molecule is CC1(C)c2ccccc2-c2sc3c(ccc4c5c6ccccc6ccc5n(-c5nc(-c6ccccc6)c6ccccc6n5)c43)c21. The highest BCUT2D eigenvalue weighted by Crippen LogP contribution is 2.57. The van der Waals surface area contributed by atoms with E-state index in [4.69, 9.17) is 9.97 Å². The fourth-order valence-electron chi connectivity index (χ4n) is 7.78. The summed E-state index contributed by atoms with van der Waals surface area (Å²) in [7, 11) is 0. The lowest BCUT2D eigenvalue weighted by Gasteiger charge is -2.21. The van der Waals surface area contributed by atoms with Crippen molar-refractivity contribution in [3.8, 4) is 27.6 Å². The summed E-state index contributed by atoms with van der Waals surface area (Å²) in [5.41, 5.74) is 9.38. The molecule has 0 bridgehead atoms. The smallest absolute Gasteiger partial charge is 0.235 e. The zero-order valence-corrected chi connectivity index (χ0v) is 25.7. The molecule has 45 heavy (non-hydrogen) atoms. The van der Waals surface area contributed by atoms with Crippen molar-refractivity contribution in [3.63, 3.8) is 0 Å². The highest BCUT2D eigenvalue weighted by molar-refractivity contribution is 7.23. The van der Waals surface area contributed by atoms with Crippen LogP contribution in [0.5, 0.6) is 0 Å². The van der Waals surface area contributed by atoms with Gasteiger partial charge >= 0.3 is 0 Å². The lowest BCUT2D eigenvalue weighted by Crippen LogP contribution is -2.14. The van der Waals surface area contributed by atoms with Crippen LogP contribution in [0.4, 0.5) is 0 Å². The van der Waals surface area contributed by atoms with Crippen LogP contribution in [0.3, 0.4) is 0 Å². The Morgan fingerprint density at radius 1 is 0.622 bits per heavy atom. The Balaban J connectivity index is 1.40. The second kappa shape index (κ2) is 8.87. The Morgan fingerprint density at radius 3 is 2.24 bits per heavy atom. The molecule has 9 aromatic rings. The van der Waals surface area contributed by atoms with Crippen molar-refractivity contribution in [1.29, 1.82) is 0 Å². The van der Waals surface area contributed by atoms with Crippen LogP contribution in [-0.2, 0) is 5.41 Å². The van der Waals surface area contributed by atoms with Gasteiger partial charge in [-0.05, 0) is 45.0 Å². The van der Waals surface area contributed by atoms with E-state index >= 15 is 0 Å². The van der Waals surface area contributed by atoms with Gasteiger partial charge in [0.05, 0.1) is 26.9 Å². The molecule has 3 heterocycles. The maximum atomic E-state index is 5.39. The van der Waals surface area contributed by atoms with Crippen molar-refractivity contribution in [1.82, 2.24) is 14.5 Å². The Morgan fingerprint density at radius 2 is 1.36 bits per heavy atom. The Kier molecular flexibility index (Phi) is 4.94. The molecule has 4 heteroatoms. The number of fused-ring (bicyclic) bond motifs is 12. The van der Waals surface area contributed by atoms with Crippen LogP contribution < -0.4 is 0 Å². The van der Waals surface area contributed by atoms with Crippen LogP contribution >= 0.6 is 11.3 Å². The number of rotatable bonds is 2. The van der Waals surface area contributed by atoms with Gasteiger partial charge in [0.15, 0.2) is 0 Å². The van der Waals surface area contributed by atoms with Crippen molar-refractivity contribution >= 4 is 64.9 Å². The molecule has 1 aliphatic rings. The molecule has 0 radical (unpaired) electrons. The topological polar surface area (TPSA) is 30.7 Å². The van der Waals surface area contributed by atoms with Gasteiger partial charge in [0.1, 0.15) is 0 Å². The van der Waals surface area contributed by atoms with E-state index in [0.717, 1.165) is 27.7 Å². The minimum atomic E-state index is -0.0820. The van der Waals surface area contributed by atoms with Crippen LogP contribution in [-0.4, -0.2) is 14.5 Å². The summed E-state index contributed by atoms with van der Waals surface area (Å²) in [6, 6.07) is 45.7. The summed E-state index contributed by atoms with van der Waals surface area (Å²) in [6.45, 7) is 4.74. The van der Waals surface area contributed by atoms with Crippen LogP contribution in [0.15, 0.2) is 127 Å². The molecule has 6 aromatic carbocycles. The number of thiophene rings is 1. The van der Waals surface area contributed by atoms with Crippen LogP contribution in [0.1, 0.15) is 25.0 Å². The highest BCUT2D eigenvalue weighted by Gasteiger charge is 2.39. The molecular weight excluding hydrogens is 567 g/mol. The minimum Gasteiger partial charge on any atom is -0.276 e. The predicted molar refractivity (Wildman–Crippen MR) is 190 cm³/mol. The van der Waals surface area contributed by atoms with Gasteiger partial charge in [0.2, 0.25) is 5.95 Å². The first-order chi connectivity index (χ1) is 22.1. The van der Waals surface area contributed by atoms with Gasteiger partial charge < -0.3 is 0 Å². The summed E-state index contributed by atoms with van der Waals surface area (Å²) in [6.07, 6.45) is 0. The molecule has 1 aliphatic carbocycles. The Labute approximate surface area is 264 Å². The number of aromatic nitrogens is 3. The second-order valence-corrected chi connectivity index (χ2v) is 13.6. The van der Waals surface area contributed by atoms with E-state index in [0.29, 0.717) is 5.95 Å². The molecule has 3 nitrogen and oxygen atoms in total. The largest absolute Gasteiger partial charge is 0.276 e. The zero-order valence-electron chi connectivity index (χ0n) is 24.9. The Hall–Kier alpha value is -5.32. The molecule has 0 N–H and O–H groups in total. The molecule has 0 spiro atoms. The third kappa shape index (κ3) is 3.29. The second-order valence-electron chi connectivity index (χ2n) is 12.6. The van der Waals surface area contributed by atoms with Crippen LogP contribution in [0.25, 0.3) is 81.2 Å². The van der Waals surface area contributed by atoms with E-state index in [1.54, 1.807) is 0 Å². The summed E-state index contributed by atoms with van der Waals surface area (Å²) >= 11 is 1.92. The molecule has 0 aliphatic heterocycles. The van der Waals surface area contributed by atoms with E-state index in [1.807, 2.05) is 11.3 Å². The van der Waals surface area contributed by atoms with Crippen molar-refractivity contribution < 1.29 is 0 Å². The molecule has 0 fully saturated rings. The van der Waals surface area contributed by atoms with Gasteiger partial charge in [-0.25, -0.2) is 9.97 Å². The summed E-state index contributed by atoms with van der Waals surface area (Å²) in [4.78, 5) is 12.0. The molecule has 0 saturated carbocycles. The first kappa shape index (κ1) is 25.1. The molecular formula is C41H27N3S. The van der Waals surface area contributed by atoms with E-state index in [9.17, 15) is 0 Å². The highest BCUT2D eigenvalue weighted by atomic mass is 32.1. The fraction of sp³-hybridized carbons (Fsp3) is 0.0732. The van der Waals surface area contributed by atoms with Gasteiger partial charge in [-0.2, -0.15) is 0 Å². The molecule has 3 aromatic heterocycles. The lowest BCUT2D eigenvalue weighted by atomic mass is 9.81. The third-order valence-electron chi connectivity index (χ3n) is 9.78. The van der Waals surface area contributed by atoms with E-state index in [2.05, 4.69) is 146 Å². The lowest BCUT2D eigenvalue weighted by molar-refractivity contribution is 0.667. The van der Waals surface area contributed by atoms with Crippen LogP contribution in [0.2, 0.25) is 0 Å².